The van der Waals surface area contributed by atoms with Crippen molar-refractivity contribution in [3.8, 4) is 5.88 Å². The van der Waals surface area contributed by atoms with Crippen LogP contribution in [0.4, 0.5) is 0 Å². The van der Waals surface area contributed by atoms with Crippen LogP contribution < -0.4 is 4.74 Å². The number of hydrogen-bond donors (Lipinski definition) is 0. The Morgan fingerprint density at radius 1 is 1.16 bits per heavy atom. The normalized spacial score (nSPS) is 14.8. The number of hydrogen-bond acceptors (Lipinski definition) is 3. The van der Waals surface area contributed by atoms with Gasteiger partial charge in [0.1, 0.15) is 6.61 Å². The molecule has 0 N–H and O–H groups in total. The topological polar surface area (TPSA) is 25.4 Å². The van der Waals surface area contributed by atoms with Gasteiger partial charge in [-0.25, -0.2) is 4.98 Å². The predicted octanol–water partition coefficient (Wildman–Crippen LogP) is 4.63. The molecule has 1 aliphatic rings. The zero-order valence-electron chi connectivity index (χ0n) is 14.3. The van der Waals surface area contributed by atoms with Crippen molar-refractivity contribution in [2.24, 2.45) is 0 Å². The van der Waals surface area contributed by atoms with E-state index in [2.05, 4.69) is 48.2 Å². The van der Waals surface area contributed by atoms with Crippen LogP contribution in [-0.4, -0.2) is 29.6 Å². The maximum Gasteiger partial charge on any atom is 0.218 e. The molecule has 1 aliphatic heterocycles. The molecule has 0 aliphatic carbocycles. The summed E-state index contributed by atoms with van der Waals surface area (Å²) >= 11 is 5.96. The average molecular weight is 353 g/mol. The fourth-order valence-corrected chi connectivity index (χ4v) is 3.46. The summed E-state index contributed by atoms with van der Waals surface area (Å²) in [6.45, 7) is 5.56. The molecule has 128 valence electrons. The van der Waals surface area contributed by atoms with Crippen LogP contribution >= 0.6 is 11.6 Å². The molecule has 0 spiro atoms. The van der Waals surface area contributed by atoms with E-state index in [1.807, 2.05) is 12.1 Å². The maximum absolute atomic E-state index is 5.96. The fraction of sp³-hybridized carbons (Fsp3) is 0.286. The zero-order chi connectivity index (χ0) is 17.2. The predicted molar refractivity (Wildman–Crippen MR) is 102 cm³/mol. The van der Waals surface area contributed by atoms with Crippen LogP contribution in [0.15, 0.2) is 48.5 Å². The van der Waals surface area contributed by atoms with Crippen molar-refractivity contribution in [2.75, 3.05) is 19.7 Å². The lowest BCUT2D eigenvalue weighted by Crippen LogP contribution is -2.27. The van der Waals surface area contributed by atoms with E-state index < -0.39 is 0 Å². The van der Waals surface area contributed by atoms with Crippen LogP contribution in [0.1, 0.15) is 16.7 Å². The van der Waals surface area contributed by atoms with Crippen molar-refractivity contribution in [2.45, 2.75) is 19.9 Å². The molecule has 0 saturated carbocycles. The summed E-state index contributed by atoms with van der Waals surface area (Å²) in [5, 5.41) is 1.97. The zero-order valence-corrected chi connectivity index (χ0v) is 15.1. The molecule has 0 amide bonds. The standard InChI is InChI=1S/C21H21ClN2O/c1-15-3-2-4-17-13-18-14-24(11-12-25-21(18)23-20(15)17)10-9-16-5-7-19(22)8-6-16/h2-8,13H,9-12,14H2,1H3. The molecule has 0 saturated heterocycles. The highest BCUT2D eigenvalue weighted by atomic mass is 35.5. The van der Waals surface area contributed by atoms with E-state index in [1.54, 1.807) is 0 Å². The smallest absolute Gasteiger partial charge is 0.218 e. The first-order chi connectivity index (χ1) is 12.2. The number of benzene rings is 2. The van der Waals surface area contributed by atoms with Gasteiger partial charge in [-0.05, 0) is 42.7 Å². The second kappa shape index (κ2) is 7.03. The van der Waals surface area contributed by atoms with Crippen LogP contribution in [0.5, 0.6) is 5.88 Å². The van der Waals surface area contributed by atoms with Crippen molar-refractivity contribution in [3.63, 3.8) is 0 Å². The number of ether oxygens (including phenoxy) is 1. The summed E-state index contributed by atoms with van der Waals surface area (Å²) in [5.41, 5.74) is 4.71. The first-order valence-electron chi connectivity index (χ1n) is 8.68. The lowest BCUT2D eigenvalue weighted by atomic mass is 10.1. The van der Waals surface area contributed by atoms with Crippen LogP contribution in [0.2, 0.25) is 5.02 Å². The third-order valence-electron chi connectivity index (χ3n) is 4.76. The van der Waals surface area contributed by atoms with Gasteiger partial charge in [0.05, 0.1) is 5.52 Å². The van der Waals surface area contributed by atoms with Crippen molar-refractivity contribution in [3.05, 3.63) is 70.2 Å². The Kier molecular flexibility index (Phi) is 4.60. The van der Waals surface area contributed by atoms with Crippen molar-refractivity contribution in [1.82, 2.24) is 9.88 Å². The third-order valence-corrected chi connectivity index (χ3v) is 5.01. The quantitative estimate of drug-likeness (QED) is 0.687. The second-order valence-corrected chi connectivity index (χ2v) is 7.04. The number of aryl methyl sites for hydroxylation is 1. The molecule has 0 fully saturated rings. The lowest BCUT2D eigenvalue weighted by Gasteiger charge is -2.19. The van der Waals surface area contributed by atoms with E-state index >= 15 is 0 Å². The third kappa shape index (κ3) is 3.63. The maximum atomic E-state index is 5.96. The number of fused-ring (bicyclic) bond motifs is 2. The summed E-state index contributed by atoms with van der Waals surface area (Å²) in [7, 11) is 0. The average Bonchev–Trinajstić information content (AvgIpc) is 2.81. The van der Waals surface area contributed by atoms with Gasteiger partial charge in [-0.1, -0.05) is 41.9 Å². The molecule has 0 unspecified atom stereocenters. The molecule has 0 radical (unpaired) electrons. The molecule has 3 aromatic rings. The number of nitrogens with zero attached hydrogens (tertiary/aromatic N) is 2. The van der Waals surface area contributed by atoms with Gasteiger partial charge in [0.25, 0.3) is 0 Å². The monoisotopic (exact) mass is 352 g/mol. The molecule has 25 heavy (non-hydrogen) atoms. The highest BCUT2D eigenvalue weighted by Gasteiger charge is 2.17. The molecule has 4 rings (SSSR count). The first kappa shape index (κ1) is 16.4. The Bertz CT molecular complexity index is 892. The van der Waals surface area contributed by atoms with E-state index in [9.17, 15) is 0 Å². The Hall–Kier alpha value is -2.10. The minimum atomic E-state index is 0.679. The largest absolute Gasteiger partial charge is 0.476 e. The molecular formula is C21H21ClN2O. The molecule has 0 bridgehead atoms. The Morgan fingerprint density at radius 2 is 2.00 bits per heavy atom. The lowest BCUT2D eigenvalue weighted by molar-refractivity contribution is 0.225. The second-order valence-electron chi connectivity index (χ2n) is 6.60. The SMILES string of the molecule is Cc1cccc2cc3c(nc12)OCCN(CCc1ccc(Cl)cc1)C3. The van der Waals surface area contributed by atoms with Crippen LogP contribution in [-0.2, 0) is 13.0 Å². The molecule has 4 heteroatoms. The van der Waals surface area contributed by atoms with Crippen LogP contribution in [0.25, 0.3) is 10.9 Å². The van der Waals surface area contributed by atoms with Gasteiger partial charge in [-0.15, -0.1) is 0 Å². The van der Waals surface area contributed by atoms with Gasteiger partial charge in [-0.2, -0.15) is 0 Å². The number of rotatable bonds is 3. The van der Waals surface area contributed by atoms with E-state index in [0.29, 0.717) is 6.61 Å². The number of para-hydroxylation sites is 1. The van der Waals surface area contributed by atoms with Gasteiger partial charge < -0.3 is 4.74 Å². The summed E-state index contributed by atoms with van der Waals surface area (Å²) < 4.78 is 5.94. The molecule has 0 atom stereocenters. The van der Waals surface area contributed by atoms with Gasteiger partial charge in [-0.3, -0.25) is 4.90 Å². The van der Waals surface area contributed by atoms with E-state index in [1.165, 1.54) is 22.1 Å². The minimum Gasteiger partial charge on any atom is -0.476 e. The Balaban J connectivity index is 1.53. The van der Waals surface area contributed by atoms with Crippen molar-refractivity contribution >= 4 is 22.5 Å². The highest BCUT2D eigenvalue weighted by molar-refractivity contribution is 6.30. The number of aromatic nitrogens is 1. The minimum absolute atomic E-state index is 0.679. The molecular weight excluding hydrogens is 332 g/mol. The number of halogens is 1. The van der Waals surface area contributed by atoms with Gasteiger partial charge in [0, 0.05) is 35.6 Å². The number of pyridine rings is 1. The van der Waals surface area contributed by atoms with Crippen molar-refractivity contribution < 1.29 is 4.74 Å². The van der Waals surface area contributed by atoms with Crippen molar-refractivity contribution in [1.29, 1.82) is 0 Å². The van der Waals surface area contributed by atoms with Gasteiger partial charge in [0.2, 0.25) is 5.88 Å². The van der Waals surface area contributed by atoms with E-state index in [4.69, 9.17) is 21.3 Å². The Morgan fingerprint density at radius 3 is 2.84 bits per heavy atom. The first-order valence-corrected chi connectivity index (χ1v) is 9.06. The van der Waals surface area contributed by atoms with Crippen LogP contribution in [0, 0.1) is 6.92 Å². The Labute approximate surface area is 153 Å². The van der Waals surface area contributed by atoms with E-state index in [0.717, 1.165) is 42.5 Å². The van der Waals surface area contributed by atoms with Gasteiger partial charge in [0.15, 0.2) is 0 Å². The highest BCUT2D eigenvalue weighted by Crippen LogP contribution is 2.27. The molecule has 3 nitrogen and oxygen atoms in total. The molecule has 2 heterocycles. The molecule has 1 aromatic heterocycles. The fourth-order valence-electron chi connectivity index (χ4n) is 3.33. The van der Waals surface area contributed by atoms with Gasteiger partial charge >= 0.3 is 0 Å². The summed E-state index contributed by atoms with van der Waals surface area (Å²) in [6.07, 6.45) is 1.01. The summed E-state index contributed by atoms with van der Waals surface area (Å²) in [6, 6.07) is 16.6. The molecule has 2 aromatic carbocycles. The summed E-state index contributed by atoms with van der Waals surface area (Å²) in [5.74, 6) is 0.788. The van der Waals surface area contributed by atoms with E-state index in [-0.39, 0.29) is 0 Å². The van der Waals surface area contributed by atoms with Crippen LogP contribution in [0.3, 0.4) is 0 Å². The summed E-state index contributed by atoms with van der Waals surface area (Å²) in [4.78, 5) is 7.21.